The Hall–Kier alpha value is -3.16. The van der Waals surface area contributed by atoms with E-state index in [0.29, 0.717) is 17.3 Å². The molecule has 0 saturated carbocycles. The van der Waals surface area contributed by atoms with Crippen LogP contribution in [0.1, 0.15) is 18.4 Å². The largest absolute Gasteiger partial charge is 0.376 e. The molecule has 0 radical (unpaired) electrons. The van der Waals surface area contributed by atoms with Crippen molar-refractivity contribution in [3.05, 3.63) is 65.2 Å². The standard InChI is InChI=1S/C26H24ClN3O4/c27-16-8-10-17(11-9-16)28-24(31)23-22-21(20-12-7-15-4-1-2-6-19(15)30(20)23)25(32)29(26(22)33)14-18-5-3-13-34-18/h1-2,4,6-12,18,20-23H,3,5,13-14H2,(H,28,31)/t18-,20-,21+,22+,23-/m0/s1. The summed E-state index contributed by atoms with van der Waals surface area (Å²) >= 11 is 5.99. The summed E-state index contributed by atoms with van der Waals surface area (Å²) in [5.41, 5.74) is 2.40. The molecule has 2 aromatic rings. The number of nitrogens with zero attached hydrogens (tertiary/aromatic N) is 2. The lowest BCUT2D eigenvalue weighted by Crippen LogP contribution is -2.51. The Morgan fingerprint density at radius 3 is 2.59 bits per heavy atom. The summed E-state index contributed by atoms with van der Waals surface area (Å²) in [5, 5.41) is 3.51. The van der Waals surface area contributed by atoms with Crippen molar-refractivity contribution in [2.45, 2.75) is 31.0 Å². The van der Waals surface area contributed by atoms with Crippen LogP contribution in [-0.2, 0) is 19.1 Å². The second-order valence-electron chi connectivity index (χ2n) is 9.23. The van der Waals surface area contributed by atoms with Crippen LogP contribution in [0.2, 0.25) is 5.02 Å². The maximum Gasteiger partial charge on any atom is 0.247 e. The number of imide groups is 1. The summed E-state index contributed by atoms with van der Waals surface area (Å²) in [6.45, 7) is 0.902. The first-order chi connectivity index (χ1) is 16.5. The summed E-state index contributed by atoms with van der Waals surface area (Å²) < 4.78 is 5.69. The number of hydrogen-bond acceptors (Lipinski definition) is 5. The summed E-state index contributed by atoms with van der Waals surface area (Å²) in [7, 11) is 0. The van der Waals surface area contributed by atoms with E-state index >= 15 is 0 Å². The lowest BCUT2D eigenvalue weighted by Gasteiger charge is -2.36. The molecule has 0 bridgehead atoms. The van der Waals surface area contributed by atoms with E-state index in [0.717, 1.165) is 24.1 Å². The number of amides is 3. The lowest BCUT2D eigenvalue weighted by molar-refractivity contribution is -0.142. The van der Waals surface area contributed by atoms with E-state index in [4.69, 9.17) is 16.3 Å². The maximum absolute atomic E-state index is 13.7. The zero-order chi connectivity index (χ0) is 23.4. The van der Waals surface area contributed by atoms with Crippen molar-refractivity contribution in [2.24, 2.45) is 11.8 Å². The number of likely N-dealkylation sites (tertiary alicyclic amines) is 1. The van der Waals surface area contributed by atoms with Gasteiger partial charge in [-0.25, -0.2) is 0 Å². The summed E-state index contributed by atoms with van der Waals surface area (Å²) in [6.07, 6.45) is 5.56. The van der Waals surface area contributed by atoms with Crippen molar-refractivity contribution in [1.82, 2.24) is 4.90 Å². The minimum Gasteiger partial charge on any atom is -0.376 e. The first kappa shape index (κ1) is 21.4. The number of halogens is 1. The third kappa shape index (κ3) is 3.34. The average molecular weight is 478 g/mol. The van der Waals surface area contributed by atoms with Gasteiger partial charge in [0, 0.05) is 23.0 Å². The molecule has 3 amide bonds. The van der Waals surface area contributed by atoms with E-state index in [1.165, 1.54) is 4.90 Å². The molecule has 0 spiro atoms. The Morgan fingerprint density at radius 1 is 1.06 bits per heavy atom. The van der Waals surface area contributed by atoms with Gasteiger partial charge in [-0.15, -0.1) is 0 Å². The number of nitrogens with one attached hydrogen (secondary N) is 1. The zero-order valence-electron chi connectivity index (χ0n) is 18.4. The highest BCUT2D eigenvalue weighted by Crippen LogP contribution is 2.48. The number of rotatable bonds is 4. The van der Waals surface area contributed by atoms with Crippen LogP contribution in [0.25, 0.3) is 6.08 Å². The van der Waals surface area contributed by atoms with E-state index in [1.807, 2.05) is 41.3 Å². The molecule has 6 rings (SSSR count). The molecule has 7 nitrogen and oxygen atoms in total. The molecule has 4 heterocycles. The number of benzene rings is 2. The van der Waals surface area contributed by atoms with Gasteiger partial charge in [0.2, 0.25) is 17.7 Å². The molecule has 0 aromatic heterocycles. The normalized spacial score (nSPS) is 29.3. The van der Waals surface area contributed by atoms with Crippen molar-refractivity contribution in [1.29, 1.82) is 0 Å². The molecule has 34 heavy (non-hydrogen) atoms. The summed E-state index contributed by atoms with van der Waals surface area (Å²) in [4.78, 5) is 44.2. The van der Waals surface area contributed by atoms with Crippen LogP contribution in [-0.4, -0.2) is 54.0 Å². The molecule has 4 aliphatic rings. The highest BCUT2D eigenvalue weighted by molar-refractivity contribution is 6.30. The summed E-state index contributed by atoms with van der Waals surface area (Å²) in [6, 6.07) is 13.4. The third-order valence-corrected chi connectivity index (χ3v) is 7.55. The second kappa shape index (κ2) is 8.25. The minimum absolute atomic E-state index is 0.133. The fourth-order valence-corrected chi connectivity index (χ4v) is 5.92. The van der Waals surface area contributed by atoms with E-state index in [-0.39, 0.29) is 36.4 Å². The molecule has 5 atom stereocenters. The van der Waals surface area contributed by atoms with Crippen molar-refractivity contribution < 1.29 is 19.1 Å². The Balaban J connectivity index is 1.37. The highest BCUT2D eigenvalue weighted by Gasteiger charge is 2.64. The maximum atomic E-state index is 13.7. The van der Waals surface area contributed by atoms with Gasteiger partial charge in [-0.2, -0.15) is 0 Å². The van der Waals surface area contributed by atoms with E-state index < -0.39 is 17.9 Å². The number of fused-ring (bicyclic) bond motifs is 5. The number of para-hydroxylation sites is 1. The number of anilines is 2. The van der Waals surface area contributed by atoms with Gasteiger partial charge < -0.3 is 15.0 Å². The van der Waals surface area contributed by atoms with Crippen LogP contribution < -0.4 is 10.2 Å². The van der Waals surface area contributed by atoms with Crippen LogP contribution in [0, 0.1) is 11.8 Å². The highest BCUT2D eigenvalue weighted by atomic mass is 35.5. The molecule has 0 unspecified atom stereocenters. The topological polar surface area (TPSA) is 79.0 Å². The molecule has 174 valence electrons. The van der Waals surface area contributed by atoms with Crippen molar-refractivity contribution in [3.8, 4) is 0 Å². The number of ether oxygens (including phenoxy) is 1. The lowest BCUT2D eigenvalue weighted by atomic mass is 9.88. The van der Waals surface area contributed by atoms with Gasteiger partial charge in [0.25, 0.3) is 0 Å². The van der Waals surface area contributed by atoms with Crippen molar-refractivity contribution >= 4 is 46.8 Å². The van der Waals surface area contributed by atoms with Gasteiger partial charge in [0.15, 0.2) is 0 Å². The smallest absolute Gasteiger partial charge is 0.247 e. The first-order valence-corrected chi connectivity index (χ1v) is 12.0. The number of hydrogen-bond donors (Lipinski definition) is 1. The number of carbonyl (C=O) groups excluding carboxylic acids is 3. The molecule has 0 aliphatic carbocycles. The Labute approximate surface area is 202 Å². The molecule has 4 aliphatic heterocycles. The molecule has 2 aromatic carbocycles. The van der Waals surface area contributed by atoms with Crippen LogP contribution in [0.15, 0.2) is 54.6 Å². The average Bonchev–Trinajstić information content (AvgIpc) is 3.54. The zero-order valence-corrected chi connectivity index (χ0v) is 19.1. The monoisotopic (exact) mass is 477 g/mol. The predicted molar refractivity (Wildman–Crippen MR) is 128 cm³/mol. The van der Waals surface area contributed by atoms with Crippen LogP contribution in [0.3, 0.4) is 0 Å². The second-order valence-corrected chi connectivity index (χ2v) is 9.67. The molecule has 8 heteroatoms. The first-order valence-electron chi connectivity index (χ1n) is 11.6. The van der Waals surface area contributed by atoms with Gasteiger partial charge in [-0.1, -0.05) is 42.0 Å². The fourth-order valence-electron chi connectivity index (χ4n) is 5.80. The quantitative estimate of drug-likeness (QED) is 0.683. The SMILES string of the molecule is O=C(Nc1ccc(Cl)cc1)[C@@H]1[C@@H]2C(=O)N(C[C@@H]3CCCO3)C(=O)[C@@H]2[C@@H]2C=Cc3ccccc3N12. The van der Waals surface area contributed by atoms with Gasteiger partial charge >= 0.3 is 0 Å². The minimum atomic E-state index is -0.817. The van der Waals surface area contributed by atoms with Crippen LogP contribution in [0.4, 0.5) is 11.4 Å². The molecular weight excluding hydrogens is 454 g/mol. The molecule has 1 N–H and O–H groups in total. The Bertz CT molecular complexity index is 1190. The van der Waals surface area contributed by atoms with E-state index in [2.05, 4.69) is 5.32 Å². The van der Waals surface area contributed by atoms with Gasteiger partial charge in [0.1, 0.15) is 6.04 Å². The Morgan fingerprint density at radius 2 is 1.82 bits per heavy atom. The molecule has 3 saturated heterocycles. The molecule has 3 fully saturated rings. The van der Waals surface area contributed by atoms with Gasteiger partial charge in [-0.3, -0.25) is 19.3 Å². The Kier molecular flexibility index (Phi) is 5.19. The molecular formula is C26H24ClN3O4. The van der Waals surface area contributed by atoms with Gasteiger partial charge in [0.05, 0.1) is 30.5 Å². The fraction of sp³-hybridized carbons (Fsp3) is 0.346. The number of carbonyl (C=O) groups is 3. The van der Waals surface area contributed by atoms with Crippen molar-refractivity contribution in [3.63, 3.8) is 0 Å². The van der Waals surface area contributed by atoms with Gasteiger partial charge in [-0.05, 0) is 48.7 Å². The van der Waals surface area contributed by atoms with Crippen molar-refractivity contribution in [2.75, 3.05) is 23.4 Å². The van der Waals surface area contributed by atoms with Crippen LogP contribution in [0.5, 0.6) is 0 Å². The van der Waals surface area contributed by atoms with Crippen LogP contribution >= 0.6 is 11.6 Å². The summed E-state index contributed by atoms with van der Waals surface area (Å²) in [5.74, 6) is -2.19. The van der Waals surface area contributed by atoms with E-state index in [9.17, 15) is 14.4 Å². The third-order valence-electron chi connectivity index (χ3n) is 7.30. The van der Waals surface area contributed by atoms with E-state index in [1.54, 1.807) is 24.3 Å². The predicted octanol–water partition coefficient (Wildman–Crippen LogP) is 3.34.